The number of ether oxygens (including phenoxy) is 5. The first-order valence-electron chi connectivity index (χ1n) is 50.3. The van der Waals surface area contributed by atoms with Crippen LogP contribution in [0.3, 0.4) is 0 Å². The maximum absolute atomic E-state index is 12.3. The first kappa shape index (κ1) is 102. The van der Waals surface area contributed by atoms with Crippen LogP contribution in [0.4, 0.5) is 0 Å². The summed E-state index contributed by atoms with van der Waals surface area (Å²) in [5, 5.41) is 11.3. The van der Waals surface area contributed by atoms with Gasteiger partial charge in [-0.25, -0.2) is 0 Å². The number of Topliss-reactive ketones (excluding diaryl/α,β-unsaturated/α-hetero) is 7. The number of hydrogen-bond acceptors (Lipinski definition) is 17. The minimum atomic E-state index is -0.0578. The molecule has 742 valence electrons. The summed E-state index contributed by atoms with van der Waals surface area (Å²) in [6.45, 7) is 33.8. The maximum atomic E-state index is 12.3. The first-order valence-corrected chi connectivity index (χ1v) is 50.3. The van der Waals surface area contributed by atoms with Crippen molar-refractivity contribution in [2.45, 2.75) is 190 Å². The third-order valence-corrected chi connectivity index (χ3v) is 30.3. The summed E-state index contributed by atoms with van der Waals surface area (Å²) in [7, 11) is 24.9. The second kappa shape index (κ2) is 43.0. The van der Waals surface area contributed by atoms with Crippen LogP contribution in [0.15, 0.2) is 153 Å². The largest absolute Gasteiger partial charge is 0.496 e. The second-order valence-corrected chi connectivity index (χ2v) is 40.3. The highest BCUT2D eigenvalue weighted by Gasteiger charge is 2.32. The fourth-order valence-electron chi connectivity index (χ4n) is 22.8. The summed E-state index contributed by atoms with van der Waals surface area (Å²) >= 11 is 0. The van der Waals surface area contributed by atoms with E-state index in [2.05, 4.69) is 184 Å². The highest BCUT2D eigenvalue weighted by Crippen LogP contribution is 2.48. The molecule has 2 atom stereocenters. The van der Waals surface area contributed by atoms with Crippen LogP contribution in [0.1, 0.15) is 231 Å². The zero-order valence-electron chi connectivity index (χ0n) is 87.0. The molecule has 0 radical (unpaired) electrons. The third-order valence-electron chi connectivity index (χ3n) is 30.3. The number of likely N-dealkylation sites (tertiary alicyclic amines) is 2. The molecule has 3 aliphatic carbocycles. The lowest BCUT2D eigenvalue weighted by Gasteiger charge is -2.20. The van der Waals surface area contributed by atoms with Crippen molar-refractivity contribution in [2.24, 2.45) is 0 Å². The molecule has 10 aromatic carbocycles. The van der Waals surface area contributed by atoms with Gasteiger partial charge in [-0.15, -0.1) is 0 Å². The summed E-state index contributed by atoms with van der Waals surface area (Å²) < 4.78 is 39.4. The van der Waals surface area contributed by atoms with Crippen molar-refractivity contribution in [1.29, 1.82) is 0 Å². The normalized spacial score (nSPS) is 15.2. The number of allylic oxidation sites excluding steroid dienone is 3. The van der Waals surface area contributed by atoms with Gasteiger partial charge in [0, 0.05) is 168 Å². The zero-order valence-corrected chi connectivity index (χ0v) is 87.0. The van der Waals surface area contributed by atoms with E-state index in [0.717, 1.165) is 189 Å². The number of nitrogens with zero attached hydrogens (tertiary/aromatic N) is 10. The van der Waals surface area contributed by atoms with E-state index in [1.165, 1.54) is 157 Å². The highest BCUT2D eigenvalue weighted by atomic mass is 16.5. The minimum absolute atomic E-state index is 0.0317. The van der Waals surface area contributed by atoms with Gasteiger partial charge in [-0.1, -0.05) is 37.9 Å². The molecule has 5 aromatic heterocycles. The third kappa shape index (κ3) is 20.0. The van der Waals surface area contributed by atoms with Crippen molar-refractivity contribution in [2.75, 3.05) is 125 Å². The average Bonchev–Trinajstić information content (AvgIpc) is 1.58. The molecular formula is C120H140N10O12. The quantitative estimate of drug-likeness (QED) is 0.0384. The number of benzene rings is 10. The number of fused-ring (bicyclic) bond motifs is 21. The van der Waals surface area contributed by atoms with Gasteiger partial charge in [0.15, 0.2) is 40.5 Å². The maximum Gasteiger partial charge on any atom is 0.163 e. The Balaban J connectivity index is 0.000000128. The van der Waals surface area contributed by atoms with E-state index in [4.69, 9.17) is 23.7 Å². The Morgan fingerprint density at radius 1 is 0.303 bits per heavy atom. The van der Waals surface area contributed by atoms with Gasteiger partial charge in [-0.05, 0) is 369 Å². The van der Waals surface area contributed by atoms with Gasteiger partial charge >= 0.3 is 0 Å². The Hall–Kier alpha value is -13.1. The molecule has 142 heavy (non-hydrogen) atoms. The Kier molecular flexibility index (Phi) is 30.8. The van der Waals surface area contributed by atoms with Gasteiger partial charge in [0.05, 0.1) is 90.9 Å². The molecule has 0 bridgehead atoms. The van der Waals surface area contributed by atoms with Gasteiger partial charge < -0.3 is 71.0 Å². The van der Waals surface area contributed by atoms with E-state index >= 15 is 0 Å². The Morgan fingerprint density at radius 3 is 0.810 bits per heavy atom. The minimum Gasteiger partial charge on any atom is -0.496 e. The van der Waals surface area contributed by atoms with Gasteiger partial charge in [0.2, 0.25) is 0 Å². The van der Waals surface area contributed by atoms with E-state index in [1.807, 2.05) is 72.8 Å². The van der Waals surface area contributed by atoms with E-state index < -0.39 is 0 Å². The lowest BCUT2D eigenvalue weighted by molar-refractivity contribution is 0.100. The van der Waals surface area contributed by atoms with Gasteiger partial charge in [-0.2, -0.15) is 0 Å². The number of ketones is 7. The predicted octanol–water partition coefficient (Wildman–Crippen LogP) is 24.1. The lowest BCUT2D eigenvalue weighted by atomic mass is 10.00. The number of aryl methyl sites for hydroxylation is 8. The molecule has 2 saturated heterocycles. The van der Waals surface area contributed by atoms with Crippen molar-refractivity contribution in [3.63, 3.8) is 0 Å². The van der Waals surface area contributed by atoms with Crippen molar-refractivity contribution >= 4 is 166 Å². The summed E-state index contributed by atoms with van der Waals surface area (Å²) in [5.74, 6) is 2.98. The molecule has 0 amide bonds. The number of carbonyl (C=O) groups is 7. The van der Waals surface area contributed by atoms with Crippen LogP contribution in [-0.4, -0.2) is 225 Å². The van der Waals surface area contributed by atoms with Crippen molar-refractivity contribution in [1.82, 2.24) is 47.3 Å². The van der Waals surface area contributed by atoms with E-state index in [9.17, 15) is 33.6 Å². The number of aromatic nitrogens is 5. The van der Waals surface area contributed by atoms with Crippen LogP contribution >= 0.6 is 0 Å². The molecule has 0 spiro atoms. The average molecular weight is 1910 g/mol. The molecule has 0 saturated carbocycles. The molecule has 5 aliphatic rings. The van der Waals surface area contributed by atoms with Gasteiger partial charge in [0.1, 0.15) is 28.7 Å². The summed E-state index contributed by atoms with van der Waals surface area (Å²) in [6.07, 6.45) is 16.6. The Morgan fingerprint density at radius 2 is 0.549 bits per heavy atom. The van der Waals surface area contributed by atoms with E-state index in [-0.39, 0.29) is 40.5 Å². The molecule has 2 unspecified atom stereocenters. The van der Waals surface area contributed by atoms with Gasteiger partial charge in [-0.3, -0.25) is 33.6 Å². The Bertz CT molecular complexity index is 7450. The van der Waals surface area contributed by atoms with Crippen LogP contribution < -0.4 is 23.7 Å². The van der Waals surface area contributed by atoms with E-state index in [0.29, 0.717) is 68.6 Å². The molecule has 0 N–H and O–H groups in total. The van der Waals surface area contributed by atoms with Crippen molar-refractivity contribution in [3.8, 4) is 28.7 Å². The SMILES string of the molecule is C=C1CCc2c1ccc1c2c2cc(C(C)=O)c(OC)cc2n1CCCN(C)C.C=C1CCc2c1ccc1c2c2cc(C(C)=O)ccc2n1CCC1CCCN1C.C=C1CCc2c1ccc1c2c2cc(C(C)=O)ccc2n1CCCN(C)C.COc1cc2c(cc1C(C)=O)c1cc(C(C)=O)c(OC)cc1n2CCC1CCCN1C.COc1cc2c(cc1C(C)=O)c1cc(C(C)=O)c(OC)cc1n2CCCN(C)C. The lowest BCUT2D eigenvalue weighted by Crippen LogP contribution is -2.26. The number of hydrogen-bond donors (Lipinski definition) is 0. The molecular weight excluding hydrogens is 1770 g/mol. The molecule has 22 heteroatoms. The smallest absolute Gasteiger partial charge is 0.163 e. The van der Waals surface area contributed by atoms with Crippen LogP contribution in [0, 0.1) is 0 Å². The molecule has 2 aliphatic heterocycles. The monoisotopic (exact) mass is 1910 g/mol. The van der Waals surface area contributed by atoms with Crippen LogP contribution in [-0.2, 0) is 52.0 Å². The Labute approximate surface area is 834 Å². The molecule has 20 rings (SSSR count). The zero-order chi connectivity index (χ0) is 101. The highest BCUT2D eigenvalue weighted by molar-refractivity contribution is 6.20. The van der Waals surface area contributed by atoms with Crippen LogP contribution in [0.5, 0.6) is 28.7 Å². The first-order chi connectivity index (χ1) is 68.1. The summed E-state index contributed by atoms with van der Waals surface area (Å²) in [4.78, 5) is 96.6. The molecule has 7 heterocycles. The van der Waals surface area contributed by atoms with Crippen LogP contribution in [0.2, 0.25) is 0 Å². The number of rotatable bonds is 30. The van der Waals surface area contributed by atoms with Gasteiger partial charge in [0.25, 0.3) is 0 Å². The number of carbonyl (C=O) groups excluding carboxylic acids is 7. The fourth-order valence-corrected chi connectivity index (χ4v) is 22.8. The summed E-state index contributed by atoms with van der Waals surface area (Å²) in [6, 6.07) is 46.5. The molecule has 22 nitrogen and oxygen atoms in total. The molecule has 15 aromatic rings. The van der Waals surface area contributed by atoms with Crippen molar-refractivity contribution in [3.05, 3.63) is 226 Å². The predicted molar refractivity (Wildman–Crippen MR) is 582 cm³/mol. The fraction of sp³-hybridized carbons (Fsp3) is 0.392. The second-order valence-electron chi connectivity index (χ2n) is 40.3. The van der Waals surface area contributed by atoms with Crippen molar-refractivity contribution < 1.29 is 57.2 Å². The number of methoxy groups -OCH3 is 5. The molecule has 2 fully saturated rings. The summed E-state index contributed by atoms with van der Waals surface area (Å²) in [5.41, 5.74) is 27.6. The topological polar surface area (TPSA) is 206 Å². The standard InChI is InChI=1S/C25H30N2O4.C25H28N2O.C24H28N2O2.C23H28N2O4.C23H26N2O/c1-15(28)18-11-20-21-12-19(16(2)29)25(31-5)14-23(21)27(22(20)13-24(18)30-4)10-8-17-7-6-9-26(17)3;1-16-6-8-21-20(16)9-11-24-25(21)22-15-18(17(2)28)7-10-23(22)27(24)14-12-19-5-4-13-26(19)3;1-15-7-8-18-17(15)9-10-21-24(18)20-13-19(16(2)27)23(28-5)14-22(20)26(21)12-6-11-25(3)4;1-14(26)16-10-18-19-11-17(15(2)27)23(29-6)13-21(19)25(9-7-8-24(3)4)20(18)12-22(16)28-5;1-15-6-8-19-18(15)9-11-22-23(19)20-14-17(16(2)26)7-10-21(20)25(22)13-5-12-24(3)4/h11-14,17H,6-10H2,1-5H3;7,9-11,15,19H,1,4-6,8,12-14H2,2-3H3;9-10,13-14H,1,6-8,11-12H2,2-5H3;10-13H,7-9H2,1-6H3;7,9-11,14H,1,5-6,8,12-13H2,2-4H3. The van der Waals surface area contributed by atoms with Crippen LogP contribution in [0.25, 0.3) is 126 Å². The van der Waals surface area contributed by atoms with E-state index in [1.54, 1.807) is 70.2 Å².